The number of rotatable bonds is 8. The number of carbonyl (C=O) groups is 1. The highest BCUT2D eigenvalue weighted by molar-refractivity contribution is 7.16. The molecule has 0 bridgehead atoms. The van der Waals surface area contributed by atoms with E-state index in [1.54, 1.807) is 12.4 Å². The van der Waals surface area contributed by atoms with Crippen LogP contribution in [0.5, 0.6) is 5.75 Å². The first-order chi connectivity index (χ1) is 16.3. The Morgan fingerprint density at radius 2 is 1.91 bits per heavy atom. The van der Waals surface area contributed by atoms with E-state index >= 15 is 0 Å². The molecule has 34 heavy (non-hydrogen) atoms. The van der Waals surface area contributed by atoms with Gasteiger partial charge in [-0.25, -0.2) is 9.97 Å². The van der Waals surface area contributed by atoms with Gasteiger partial charge in [0.1, 0.15) is 17.7 Å². The second-order valence-corrected chi connectivity index (χ2v) is 10.6. The van der Waals surface area contributed by atoms with Gasteiger partial charge < -0.3 is 14.5 Å². The number of nitrogens with one attached hydrogen (secondary N) is 1. The van der Waals surface area contributed by atoms with E-state index < -0.39 is 0 Å². The van der Waals surface area contributed by atoms with Gasteiger partial charge in [-0.05, 0) is 43.5 Å². The molecule has 2 aromatic heterocycles. The number of aromatic nitrogens is 2. The van der Waals surface area contributed by atoms with E-state index in [1.807, 2.05) is 36.4 Å². The van der Waals surface area contributed by atoms with Gasteiger partial charge in [-0.15, -0.1) is 0 Å². The first-order valence-electron chi connectivity index (χ1n) is 11.7. The fourth-order valence-electron chi connectivity index (χ4n) is 3.70. The number of benzene rings is 1. The van der Waals surface area contributed by atoms with E-state index in [9.17, 15) is 4.79 Å². The van der Waals surface area contributed by atoms with E-state index in [0.29, 0.717) is 11.0 Å². The minimum Gasteiger partial charge on any atom is -0.475 e. The van der Waals surface area contributed by atoms with E-state index in [-0.39, 0.29) is 24.0 Å². The van der Waals surface area contributed by atoms with Crippen molar-refractivity contribution < 1.29 is 13.9 Å². The van der Waals surface area contributed by atoms with Gasteiger partial charge >= 0.3 is 0 Å². The van der Waals surface area contributed by atoms with Gasteiger partial charge in [-0.3, -0.25) is 9.69 Å². The van der Waals surface area contributed by atoms with E-state index in [2.05, 4.69) is 47.9 Å². The normalized spacial score (nSPS) is 15.6. The van der Waals surface area contributed by atoms with Crippen LogP contribution in [0.15, 0.2) is 41.1 Å². The van der Waals surface area contributed by atoms with Crippen molar-refractivity contribution in [2.75, 3.05) is 18.4 Å². The van der Waals surface area contributed by atoms with Crippen LogP contribution in [-0.4, -0.2) is 40.1 Å². The van der Waals surface area contributed by atoms with Crippen LogP contribution in [0.3, 0.4) is 0 Å². The second-order valence-electron chi connectivity index (χ2n) is 9.54. The first kappa shape index (κ1) is 24.2. The Hall–Kier alpha value is -2.97. The van der Waals surface area contributed by atoms with Gasteiger partial charge in [0.2, 0.25) is 11.8 Å². The summed E-state index contributed by atoms with van der Waals surface area (Å²) in [6.45, 7) is 10.5. The number of ether oxygens (including phenoxy) is 1. The Kier molecular flexibility index (Phi) is 7.48. The maximum Gasteiger partial charge on any atom is 0.230 e. The number of hydrogen-bond acceptors (Lipinski definition) is 7. The topological polar surface area (TPSA) is 80.5 Å². The Bertz CT molecular complexity index is 1120. The van der Waals surface area contributed by atoms with Crippen LogP contribution in [0.2, 0.25) is 0 Å². The predicted octanol–water partition coefficient (Wildman–Crippen LogP) is 5.60. The number of amides is 1. The quantitative estimate of drug-likeness (QED) is 0.452. The first-order valence-corrected chi connectivity index (χ1v) is 12.5. The van der Waals surface area contributed by atoms with E-state index in [1.165, 1.54) is 24.2 Å². The number of likely N-dealkylation sites (tertiary alicyclic amines) is 1. The van der Waals surface area contributed by atoms with Crippen molar-refractivity contribution in [1.29, 1.82) is 0 Å². The number of hydrogen-bond donors (Lipinski definition) is 1. The average Bonchev–Trinajstić information content (AvgIpc) is 3.55. The van der Waals surface area contributed by atoms with Crippen LogP contribution in [-0.2, 0) is 16.6 Å². The van der Waals surface area contributed by atoms with Crippen LogP contribution < -0.4 is 10.1 Å². The average molecular weight is 481 g/mol. The monoisotopic (exact) mass is 480 g/mol. The third-order valence-corrected chi connectivity index (χ3v) is 6.55. The molecule has 1 aromatic carbocycles. The lowest BCUT2D eigenvalue weighted by Crippen LogP contribution is -2.34. The number of anilines is 1. The second kappa shape index (κ2) is 10.5. The molecule has 1 fully saturated rings. The Morgan fingerprint density at radius 1 is 1.18 bits per heavy atom. The molecule has 1 saturated heterocycles. The Morgan fingerprint density at radius 3 is 2.59 bits per heavy atom. The molecular formula is C26H32N4O3S. The van der Waals surface area contributed by atoms with Crippen LogP contribution in [0.4, 0.5) is 5.13 Å². The molecule has 1 aliphatic rings. The third kappa shape index (κ3) is 6.55. The summed E-state index contributed by atoms with van der Waals surface area (Å²) in [5.41, 5.74) is 0.842. The van der Waals surface area contributed by atoms with Gasteiger partial charge in [-0.1, -0.05) is 44.2 Å². The number of nitrogens with zero attached hydrogens (tertiary/aromatic N) is 3. The molecule has 0 radical (unpaired) electrons. The van der Waals surface area contributed by atoms with Gasteiger partial charge in [-0.2, -0.15) is 0 Å². The molecule has 4 rings (SSSR count). The smallest absolute Gasteiger partial charge is 0.230 e. The highest BCUT2D eigenvalue weighted by Crippen LogP contribution is 2.25. The SMILES string of the molecule is CC(Oc1ccc(CC(=O)Nc2ncc(/C=C/c3ncc(C(C)(C)C)o3)s2)cc1)N1CCCC1. The summed E-state index contributed by atoms with van der Waals surface area (Å²) >= 11 is 1.40. The molecule has 3 aromatic rings. The lowest BCUT2D eigenvalue weighted by molar-refractivity contribution is -0.115. The lowest BCUT2D eigenvalue weighted by atomic mass is 9.94. The Labute approximate surface area is 204 Å². The van der Waals surface area contributed by atoms with Gasteiger partial charge in [0, 0.05) is 35.7 Å². The van der Waals surface area contributed by atoms with Crippen LogP contribution in [0, 0.1) is 0 Å². The summed E-state index contributed by atoms with van der Waals surface area (Å²) < 4.78 is 11.8. The number of carbonyl (C=O) groups excluding carboxylic acids is 1. The molecule has 0 aliphatic carbocycles. The maximum absolute atomic E-state index is 12.5. The van der Waals surface area contributed by atoms with Crippen molar-refractivity contribution in [3.63, 3.8) is 0 Å². The summed E-state index contributed by atoms with van der Waals surface area (Å²) in [4.78, 5) is 24.3. The molecule has 1 atom stereocenters. The molecule has 180 valence electrons. The van der Waals surface area contributed by atoms with Crippen molar-refractivity contribution in [2.24, 2.45) is 0 Å². The zero-order valence-electron chi connectivity index (χ0n) is 20.2. The molecule has 8 heteroatoms. The number of thiazole rings is 1. The molecule has 0 saturated carbocycles. The standard InChI is InChI=1S/C26H32N4O3S/c1-18(30-13-5-6-14-30)32-20-9-7-19(8-10-20)15-23(31)29-25-28-16-21(34-25)11-12-24-27-17-22(33-24)26(2,3)4/h7-12,16-18H,5-6,13-15H2,1-4H3,(H,28,29,31)/b12-11+. The van der Waals surface area contributed by atoms with Crippen molar-refractivity contribution in [3.05, 3.63) is 58.8 Å². The fourth-order valence-corrected chi connectivity index (χ4v) is 4.43. The van der Waals surface area contributed by atoms with E-state index in [4.69, 9.17) is 9.15 Å². The van der Waals surface area contributed by atoms with E-state index in [0.717, 1.165) is 35.0 Å². The molecule has 0 spiro atoms. The summed E-state index contributed by atoms with van der Waals surface area (Å²) in [5.74, 6) is 2.10. The molecule has 3 heterocycles. The molecule has 1 aliphatic heterocycles. The van der Waals surface area contributed by atoms with Gasteiger partial charge in [0.15, 0.2) is 5.13 Å². The van der Waals surface area contributed by atoms with Crippen molar-refractivity contribution in [3.8, 4) is 5.75 Å². The zero-order valence-corrected chi connectivity index (χ0v) is 21.0. The van der Waals surface area contributed by atoms with Crippen LogP contribution in [0.25, 0.3) is 12.2 Å². The molecular weight excluding hydrogens is 448 g/mol. The highest BCUT2D eigenvalue weighted by Gasteiger charge is 2.19. The predicted molar refractivity (Wildman–Crippen MR) is 136 cm³/mol. The summed E-state index contributed by atoms with van der Waals surface area (Å²) in [6.07, 6.45) is 9.97. The van der Waals surface area contributed by atoms with Crippen molar-refractivity contribution in [2.45, 2.75) is 58.6 Å². The third-order valence-electron chi connectivity index (χ3n) is 5.67. The minimum absolute atomic E-state index is 0.0638. The van der Waals surface area contributed by atoms with Crippen LogP contribution in [0.1, 0.15) is 62.6 Å². The minimum atomic E-state index is -0.105. The molecule has 7 nitrogen and oxygen atoms in total. The lowest BCUT2D eigenvalue weighted by Gasteiger charge is -2.24. The van der Waals surface area contributed by atoms with Crippen molar-refractivity contribution in [1.82, 2.24) is 14.9 Å². The van der Waals surface area contributed by atoms with Gasteiger partial charge in [0.25, 0.3) is 0 Å². The summed E-state index contributed by atoms with van der Waals surface area (Å²) in [6, 6.07) is 7.72. The maximum atomic E-state index is 12.5. The molecule has 1 amide bonds. The van der Waals surface area contributed by atoms with Crippen molar-refractivity contribution >= 4 is 34.5 Å². The highest BCUT2D eigenvalue weighted by atomic mass is 32.1. The molecule has 1 N–H and O–H groups in total. The van der Waals surface area contributed by atoms with Gasteiger partial charge in [0.05, 0.1) is 12.6 Å². The fraction of sp³-hybridized carbons (Fsp3) is 0.423. The largest absolute Gasteiger partial charge is 0.475 e. The summed E-state index contributed by atoms with van der Waals surface area (Å²) in [7, 11) is 0. The zero-order chi connectivity index (χ0) is 24.1. The van der Waals surface area contributed by atoms with Crippen LogP contribution >= 0.6 is 11.3 Å². The summed E-state index contributed by atoms with van der Waals surface area (Å²) in [5, 5.41) is 3.44. The number of oxazole rings is 1. The Balaban J connectivity index is 1.27. The molecule has 1 unspecified atom stereocenters.